The Kier molecular flexibility index (Phi) is 1.46. The molecule has 0 N–H and O–H groups in total. The molecule has 0 fully saturated rings. The minimum Gasteiger partial charge on any atom is -0.364 e. The Morgan fingerprint density at radius 3 is 3.07 bits per heavy atom. The van der Waals surface area contributed by atoms with Gasteiger partial charge in [-0.2, -0.15) is 0 Å². The number of benzene rings is 1. The van der Waals surface area contributed by atoms with Gasteiger partial charge in [0.05, 0.1) is 11.0 Å². The highest BCUT2D eigenvalue weighted by Gasteiger charge is 2.20. The fourth-order valence-electron chi connectivity index (χ4n) is 1.75. The number of para-hydroxylation sites is 2. The molecule has 2 heterocycles. The minimum atomic E-state index is -0.0417. The van der Waals surface area contributed by atoms with Crippen molar-refractivity contribution in [3.05, 3.63) is 30.1 Å². The van der Waals surface area contributed by atoms with Crippen LogP contribution in [0.1, 0.15) is 10.6 Å². The molecular weight excluding hydrogens is 180 g/mol. The zero-order valence-corrected chi connectivity index (χ0v) is 7.43. The molecule has 0 amide bonds. The van der Waals surface area contributed by atoms with Crippen molar-refractivity contribution in [3.8, 4) is 0 Å². The van der Waals surface area contributed by atoms with Gasteiger partial charge in [0.25, 0.3) is 5.91 Å². The lowest BCUT2D eigenvalue weighted by Gasteiger charge is -2.12. The predicted octanol–water partition coefficient (Wildman–Crippen LogP) is 1.21. The van der Waals surface area contributed by atoms with Gasteiger partial charge in [-0.3, -0.25) is 9.36 Å². The highest BCUT2D eigenvalue weighted by atomic mass is 16.5. The summed E-state index contributed by atoms with van der Waals surface area (Å²) < 4.78 is 6.74. The van der Waals surface area contributed by atoms with E-state index in [1.165, 1.54) is 0 Å². The molecule has 0 saturated heterocycles. The lowest BCUT2D eigenvalue weighted by molar-refractivity contribution is 0.0522. The summed E-state index contributed by atoms with van der Waals surface area (Å²) in [6.07, 6.45) is 0. The first-order chi connectivity index (χ1) is 6.86. The van der Waals surface area contributed by atoms with Gasteiger partial charge in [-0.1, -0.05) is 12.1 Å². The summed E-state index contributed by atoms with van der Waals surface area (Å²) in [4.78, 5) is 15.9. The maximum Gasteiger partial charge on any atom is 0.258 e. The van der Waals surface area contributed by atoms with Gasteiger partial charge in [0.15, 0.2) is 0 Å². The molecule has 14 heavy (non-hydrogen) atoms. The molecule has 0 saturated carbocycles. The van der Waals surface area contributed by atoms with E-state index in [4.69, 9.17) is 4.74 Å². The number of fused-ring (bicyclic) bond motifs is 3. The molecule has 0 aliphatic carbocycles. The van der Waals surface area contributed by atoms with E-state index in [9.17, 15) is 4.79 Å². The molecule has 0 atom stereocenters. The van der Waals surface area contributed by atoms with Gasteiger partial charge in [0, 0.05) is 0 Å². The number of carbonyl (C=O) groups is 1. The summed E-state index contributed by atoms with van der Waals surface area (Å²) in [5.74, 6) is 0.655. The van der Waals surface area contributed by atoms with Crippen LogP contribution >= 0.6 is 0 Å². The zero-order valence-electron chi connectivity index (χ0n) is 7.43. The van der Waals surface area contributed by atoms with Gasteiger partial charge in [-0.05, 0) is 12.1 Å². The Labute approximate surface area is 80.1 Å². The summed E-state index contributed by atoms with van der Waals surface area (Å²) in [5, 5.41) is 0. The number of imidazole rings is 1. The third kappa shape index (κ3) is 0.914. The summed E-state index contributed by atoms with van der Waals surface area (Å²) in [6.45, 7) is 0.563. The van der Waals surface area contributed by atoms with Crippen LogP contribution < -0.4 is 0 Å². The fourth-order valence-corrected chi connectivity index (χ4v) is 1.75. The molecule has 1 aliphatic rings. The van der Waals surface area contributed by atoms with E-state index in [0.717, 1.165) is 11.0 Å². The second-order valence-electron chi connectivity index (χ2n) is 3.24. The Balaban J connectivity index is 2.39. The van der Waals surface area contributed by atoms with Crippen molar-refractivity contribution >= 4 is 16.9 Å². The van der Waals surface area contributed by atoms with E-state index in [1.54, 1.807) is 4.57 Å². The van der Waals surface area contributed by atoms with E-state index in [0.29, 0.717) is 12.4 Å². The summed E-state index contributed by atoms with van der Waals surface area (Å²) in [6, 6.07) is 7.61. The third-order valence-corrected chi connectivity index (χ3v) is 2.34. The second-order valence-corrected chi connectivity index (χ2v) is 3.24. The van der Waals surface area contributed by atoms with Crippen molar-refractivity contribution in [2.75, 3.05) is 6.61 Å². The molecule has 0 radical (unpaired) electrons. The molecule has 1 aliphatic heterocycles. The Bertz CT molecular complexity index is 516. The van der Waals surface area contributed by atoms with Crippen molar-refractivity contribution < 1.29 is 9.53 Å². The fraction of sp³-hybridized carbons (Fsp3) is 0.200. The van der Waals surface area contributed by atoms with Crippen molar-refractivity contribution in [3.63, 3.8) is 0 Å². The third-order valence-electron chi connectivity index (χ3n) is 2.34. The van der Waals surface area contributed by atoms with Crippen molar-refractivity contribution in [1.29, 1.82) is 0 Å². The molecule has 1 aromatic carbocycles. The first-order valence-electron chi connectivity index (χ1n) is 4.43. The van der Waals surface area contributed by atoms with Crippen LogP contribution in [0, 0.1) is 0 Å². The van der Waals surface area contributed by atoms with E-state index < -0.39 is 0 Å². The highest BCUT2D eigenvalue weighted by Crippen LogP contribution is 2.18. The average molecular weight is 188 g/mol. The van der Waals surface area contributed by atoms with E-state index in [2.05, 4.69) is 4.98 Å². The normalized spacial score (nSPS) is 15.9. The van der Waals surface area contributed by atoms with Gasteiger partial charge in [0.1, 0.15) is 19.0 Å². The molecule has 4 nitrogen and oxygen atoms in total. The molecule has 0 unspecified atom stereocenters. The topological polar surface area (TPSA) is 44.1 Å². The molecule has 0 bridgehead atoms. The monoisotopic (exact) mass is 188 g/mol. The maximum atomic E-state index is 11.6. The Morgan fingerprint density at radius 2 is 2.14 bits per heavy atom. The maximum absolute atomic E-state index is 11.6. The summed E-state index contributed by atoms with van der Waals surface area (Å²) in [5.41, 5.74) is 1.72. The van der Waals surface area contributed by atoms with Crippen LogP contribution in [0.15, 0.2) is 24.3 Å². The number of hydrogen-bond donors (Lipinski definition) is 0. The number of ether oxygens (including phenoxy) is 1. The number of hydrogen-bond acceptors (Lipinski definition) is 3. The smallest absolute Gasteiger partial charge is 0.258 e. The van der Waals surface area contributed by atoms with Crippen LogP contribution in [0.4, 0.5) is 0 Å². The molecular formula is C10H8N2O2. The molecule has 0 spiro atoms. The predicted molar refractivity (Wildman–Crippen MR) is 50.0 cm³/mol. The first-order valence-corrected chi connectivity index (χ1v) is 4.43. The molecule has 2 aromatic rings. The largest absolute Gasteiger partial charge is 0.364 e. The van der Waals surface area contributed by atoms with E-state index in [1.807, 2.05) is 24.3 Å². The minimum absolute atomic E-state index is 0.0417. The number of nitrogens with zero attached hydrogens (tertiary/aromatic N) is 2. The molecule has 1 aromatic heterocycles. The first kappa shape index (κ1) is 7.70. The number of carbonyl (C=O) groups excluding carboxylic acids is 1. The van der Waals surface area contributed by atoms with Crippen LogP contribution in [0.2, 0.25) is 0 Å². The lowest BCUT2D eigenvalue weighted by atomic mass is 10.3. The van der Waals surface area contributed by atoms with Crippen LogP contribution in [-0.2, 0) is 11.3 Å². The van der Waals surface area contributed by atoms with Crippen molar-refractivity contribution in [2.45, 2.75) is 6.61 Å². The molecule has 3 rings (SSSR count). The van der Waals surface area contributed by atoms with Crippen LogP contribution in [0.5, 0.6) is 0 Å². The average Bonchev–Trinajstić information content (AvgIpc) is 2.57. The summed E-state index contributed by atoms with van der Waals surface area (Å²) >= 11 is 0. The lowest BCUT2D eigenvalue weighted by Crippen LogP contribution is -2.25. The zero-order chi connectivity index (χ0) is 9.54. The van der Waals surface area contributed by atoms with Gasteiger partial charge in [0.2, 0.25) is 0 Å². The van der Waals surface area contributed by atoms with Gasteiger partial charge >= 0.3 is 0 Å². The van der Waals surface area contributed by atoms with Crippen LogP contribution in [0.3, 0.4) is 0 Å². The van der Waals surface area contributed by atoms with Gasteiger partial charge < -0.3 is 4.74 Å². The van der Waals surface area contributed by atoms with Crippen molar-refractivity contribution in [2.24, 2.45) is 0 Å². The highest BCUT2D eigenvalue weighted by molar-refractivity contribution is 5.92. The Hall–Kier alpha value is -1.68. The van der Waals surface area contributed by atoms with Gasteiger partial charge in [-0.25, -0.2) is 4.98 Å². The second kappa shape index (κ2) is 2.65. The quantitative estimate of drug-likeness (QED) is 0.624. The van der Waals surface area contributed by atoms with E-state index in [-0.39, 0.29) is 12.5 Å². The standard InChI is InChI=1S/C10H8N2O2/c13-10-6-14-5-9-11-7-3-1-2-4-8(7)12(9)10/h1-4H,5-6H2. The van der Waals surface area contributed by atoms with Crippen molar-refractivity contribution in [1.82, 2.24) is 9.55 Å². The number of aromatic nitrogens is 2. The Morgan fingerprint density at radius 1 is 1.29 bits per heavy atom. The van der Waals surface area contributed by atoms with Crippen LogP contribution in [-0.4, -0.2) is 22.1 Å². The van der Waals surface area contributed by atoms with E-state index >= 15 is 0 Å². The van der Waals surface area contributed by atoms with Gasteiger partial charge in [-0.15, -0.1) is 0 Å². The number of rotatable bonds is 0. The molecule has 4 heteroatoms. The summed E-state index contributed by atoms with van der Waals surface area (Å²) in [7, 11) is 0. The SMILES string of the molecule is O=C1COCc2nc3ccccc3n21. The van der Waals surface area contributed by atoms with Crippen LogP contribution in [0.25, 0.3) is 11.0 Å². The molecule has 70 valence electrons.